The van der Waals surface area contributed by atoms with E-state index < -0.39 is 0 Å². The molecule has 1 fully saturated rings. The summed E-state index contributed by atoms with van der Waals surface area (Å²) in [6.45, 7) is 5.80. The molecule has 2 aromatic rings. The Hall–Kier alpha value is -1.13. The molecule has 2 aromatic heterocycles. The number of aliphatic imine (C=N–C) groups is 1. The molecule has 1 aliphatic rings. The molecule has 1 aliphatic heterocycles. The third-order valence-electron chi connectivity index (χ3n) is 4.65. The van der Waals surface area contributed by atoms with Crippen LogP contribution in [0.15, 0.2) is 33.3 Å². The molecule has 8 heteroatoms. The highest BCUT2D eigenvalue weighted by Gasteiger charge is 2.24. The number of thiazole rings is 1. The van der Waals surface area contributed by atoms with E-state index in [9.17, 15) is 0 Å². The number of aryl methyl sites for hydroxylation is 1. The van der Waals surface area contributed by atoms with Crippen LogP contribution in [0.3, 0.4) is 0 Å². The van der Waals surface area contributed by atoms with Gasteiger partial charge >= 0.3 is 0 Å². The molecule has 26 heavy (non-hydrogen) atoms. The maximum Gasteiger partial charge on any atom is 0.191 e. The van der Waals surface area contributed by atoms with E-state index in [1.54, 1.807) is 24.6 Å². The lowest BCUT2D eigenvalue weighted by Gasteiger charge is -2.33. The molecule has 1 unspecified atom stereocenters. The van der Waals surface area contributed by atoms with Gasteiger partial charge in [-0.3, -0.25) is 9.89 Å². The van der Waals surface area contributed by atoms with Crippen molar-refractivity contribution in [3.05, 3.63) is 40.2 Å². The van der Waals surface area contributed by atoms with Crippen LogP contribution < -0.4 is 10.6 Å². The first-order valence-corrected chi connectivity index (χ1v) is 9.77. The van der Waals surface area contributed by atoms with Crippen LogP contribution in [0, 0.1) is 6.92 Å². The first-order chi connectivity index (χ1) is 12.3. The summed E-state index contributed by atoms with van der Waals surface area (Å²) >= 11 is 1.67. The van der Waals surface area contributed by atoms with Crippen LogP contribution in [0.5, 0.6) is 0 Å². The monoisotopic (exact) mass is 489 g/mol. The second-order valence-corrected chi connectivity index (χ2v) is 7.23. The Balaban J connectivity index is 0.00000243. The molecule has 0 amide bonds. The number of piperidine rings is 1. The lowest BCUT2D eigenvalue weighted by Crippen LogP contribution is -2.44. The zero-order valence-electron chi connectivity index (χ0n) is 15.4. The van der Waals surface area contributed by atoms with Crippen molar-refractivity contribution in [3.8, 4) is 0 Å². The Morgan fingerprint density at radius 2 is 2.15 bits per heavy atom. The SMILES string of the molecule is CN=C(NCc1scnc1C)NCC(c1ccco1)N1CCCCC1.I. The van der Waals surface area contributed by atoms with Crippen LogP contribution in [-0.2, 0) is 6.54 Å². The fourth-order valence-electron chi connectivity index (χ4n) is 3.19. The highest BCUT2D eigenvalue weighted by atomic mass is 127. The van der Waals surface area contributed by atoms with Gasteiger partial charge in [0.15, 0.2) is 5.96 Å². The zero-order chi connectivity index (χ0) is 17.5. The van der Waals surface area contributed by atoms with Gasteiger partial charge in [-0.1, -0.05) is 6.42 Å². The van der Waals surface area contributed by atoms with Crippen LogP contribution in [0.1, 0.15) is 41.6 Å². The summed E-state index contributed by atoms with van der Waals surface area (Å²) in [6.07, 6.45) is 5.60. The van der Waals surface area contributed by atoms with E-state index in [1.807, 2.05) is 18.5 Å². The number of aromatic nitrogens is 1. The molecule has 0 saturated carbocycles. The van der Waals surface area contributed by atoms with Gasteiger partial charge in [-0.25, -0.2) is 4.98 Å². The van der Waals surface area contributed by atoms with Gasteiger partial charge in [-0.2, -0.15) is 0 Å². The van der Waals surface area contributed by atoms with Crippen molar-refractivity contribution in [3.63, 3.8) is 0 Å². The normalized spacial score (nSPS) is 16.8. The summed E-state index contributed by atoms with van der Waals surface area (Å²) in [7, 11) is 1.80. The predicted molar refractivity (Wildman–Crippen MR) is 117 cm³/mol. The lowest BCUT2D eigenvalue weighted by atomic mass is 10.1. The molecule has 0 bridgehead atoms. The molecule has 2 N–H and O–H groups in total. The van der Waals surface area contributed by atoms with Gasteiger partial charge < -0.3 is 15.1 Å². The maximum absolute atomic E-state index is 5.70. The fraction of sp³-hybridized carbons (Fsp3) is 0.556. The first-order valence-electron chi connectivity index (χ1n) is 8.89. The quantitative estimate of drug-likeness (QED) is 0.369. The average molecular weight is 489 g/mol. The summed E-state index contributed by atoms with van der Waals surface area (Å²) in [4.78, 5) is 12.4. The standard InChI is InChI=1S/C18H27N5OS.HI/c1-14-17(25-13-22-14)12-21-18(19-2)20-11-15(16-7-6-10-24-16)23-8-4-3-5-9-23;/h6-7,10,13,15H,3-5,8-9,11-12H2,1-2H3,(H2,19,20,21);1H. The number of rotatable bonds is 6. The number of likely N-dealkylation sites (tertiary alicyclic amines) is 1. The van der Waals surface area contributed by atoms with E-state index >= 15 is 0 Å². The van der Waals surface area contributed by atoms with Crippen LogP contribution >= 0.6 is 35.3 Å². The number of hydrogen-bond donors (Lipinski definition) is 2. The number of furan rings is 1. The number of guanidine groups is 1. The number of halogens is 1. The minimum Gasteiger partial charge on any atom is -0.468 e. The van der Waals surface area contributed by atoms with Gasteiger partial charge in [0.1, 0.15) is 5.76 Å². The van der Waals surface area contributed by atoms with Crippen molar-refractivity contribution in [2.45, 2.75) is 38.8 Å². The van der Waals surface area contributed by atoms with E-state index in [2.05, 4.69) is 31.6 Å². The predicted octanol–water partition coefficient (Wildman–Crippen LogP) is 3.55. The van der Waals surface area contributed by atoms with E-state index in [4.69, 9.17) is 4.42 Å². The van der Waals surface area contributed by atoms with Gasteiger partial charge in [-0.05, 0) is 45.0 Å². The number of nitrogens with zero attached hydrogens (tertiary/aromatic N) is 3. The van der Waals surface area contributed by atoms with Crippen molar-refractivity contribution < 1.29 is 4.42 Å². The molecule has 1 saturated heterocycles. The molecule has 1 atom stereocenters. The topological polar surface area (TPSA) is 65.7 Å². The second kappa shape index (κ2) is 10.9. The van der Waals surface area contributed by atoms with Crippen molar-refractivity contribution in [1.82, 2.24) is 20.5 Å². The molecule has 3 heterocycles. The summed E-state index contributed by atoms with van der Waals surface area (Å²) in [5.74, 6) is 1.82. The summed E-state index contributed by atoms with van der Waals surface area (Å²) in [5.41, 5.74) is 2.96. The van der Waals surface area contributed by atoms with Gasteiger partial charge in [0.25, 0.3) is 0 Å². The van der Waals surface area contributed by atoms with Crippen molar-refractivity contribution in [1.29, 1.82) is 0 Å². The summed E-state index contributed by atoms with van der Waals surface area (Å²) < 4.78 is 5.70. The largest absolute Gasteiger partial charge is 0.468 e. The van der Waals surface area contributed by atoms with Crippen molar-refractivity contribution >= 4 is 41.3 Å². The minimum absolute atomic E-state index is 0. The zero-order valence-corrected chi connectivity index (χ0v) is 18.5. The van der Waals surface area contributed by atoms with Crippen molar-refractivity contribution in [2.75, 3.05) is 26.7 Å². The smallest absolute Gasteiger partial charge is 0.191 e. The average Bonchev–Trinajstić information content (AvgIpc) is 3.31. The Morgan fingerprint density at radius 3 is 2.77 bits per heavy atom. The summed E-state index contributed by atoms with van der Waals surface area (Å²) in [5, 5.41) is 6.83. The molecule has 0 aliphatic carbocycles. The molecule has 3 rings (SSSR count). The lowest BCUT2D eigenvalue weighted by molar-refractivity contribution is 0.146. The third-order valence-corrected chi connectivity index (χ3v) is 5.59. The van der Waals surface area contributed by atoms with E-state index in [-0.39, 0.29) is 30.0 Å². The van der Waals surface area contributed by atoms with Crippen molar-refractivity contribution in [2.24, 2.45) is 4.99 Å². The highest BCUT2D eigenvalue weighted by Crippen LogP contribution is 2.24. The van der Waals surface area contributed by atoms with Crippen LogP contribution in [0.2, 0.25) is 0 Å². The molecule has 0 spiro atoms. The molecule has 144 valence electrons. The molecular formula is C18H28IN5OS. The van der Waals surface area contributed by atoms with Crippen LogP contribution in [0.25, 0.3) is 0 Å². The Labute approximate surface area is 176 Å². The highest BCUT2D eigenvalue weighted by molar-refractivity contribution is 14.0. The molecule has 6 nitrogen and oxygen atoms in total. The molecule has 0 radical (unpaired) electrons. The van der Waals surface area contributed by atoms with Crippen LogP contribution in [-0.4, -0.2) is 42.5 Å². The van der Waals surface area contributed by atoms with Gasteiger partial charge in [-0.15, -0.1) is 35.3 Å². The Morgan fingerprint density at radius 1 is 1.35 bits per heavy atom. The number of nitrogens with one attached hydrogen (secondary N) is 2. The maximum atomic E-state index is 5.70. The van der Waals surface area contributed by atoms with E-state index in [1.165, 1.54) is 24.1 Å². The van der Waals surface area contributed by atoms with Gasteiger partial charge in [0, 0.05) is 18.5 Å². The number of hydrogen-bond acceptors (Lipinski definition) is 5. The Kier molecular flexibility index (Phi) is 8.86. The second-order valence-electron chi connectivity index (χ2n) is 6.30. The molecule has 0 aromatic carbocycles. The van der Waals surface area contributed by atoms with E-state index in [0.29, 0.717) is 0 Å². The first kappa shape index (κ1) is 21.2. The van der Waals surface area contributed by atoms with E-state index in [0.717, 1.165) is 43.6 Å². The third kappa shape index (κ3) is 5.68. The van der Waals surface area contributed by atoms with Gasteiger partial charge in [0.2, 0.25) is 0 Å². The fourth-order valence-corrected chi connectivity index (χ4v) is 3.91. The van der Waals surface area contributed by atoms with Crippen LogP contribution in [0.4, 0.5) is 0 Å². The minimum atomic E-state index is 0. The Bertz CT molecular complexity index is 667. The van der Waals surface area contributed by atoms with Gasteiger partial charge in [0.05, 0.1) is 30.1 Å². The molecular weight excluding hydrogens is 461 g/mol. The summed E-state index contributed by atoms with van der Waals surface area (Å²) in [6, 6.07) is 4.27.